The van der Waals surface area contributed by atoms with Gasteiger partial charge in [0.15, 0.2) is 11.6 Å². The summed E-state index contributed by atoms with van der Waals surface area (Å²) in [7, 11) is 0. The molecule has 2 saturated carbocycles. The Morgan fingerprint density at radius 1 is 0.629 bits per heavy atom. The summed E-state index contributed by atoms with van der Waals surface area (Å²) in [5.74, 6) is 0.770. The molecule has 5 rings (SSSR count). The molecule has 0 heterocycles. The molecule has 3 aromatic carbocycles. The second kappa shape index (κ2) is 10.4. The van der Waals surface area contributed by atoms with Crippen LogP contribution >= 0.6 is 0 Å². The van der Waals surface area contributed by atoms with E-state index in [1.54, 1.807) is 24.3 Å². The van der Waals surface area contributed by atoms with Gasteiger partial charge in [-0.05, 0) is 109 Å². The second-order valence-corrected chi connectivity index (χ2v) is 10.4. The molecule has 0 radical (unpaired) electrons. The molecule has 0 saturated heterocycles. The Balaban J connectivity index is 1.24. The van der Waals surface area contributed by atoms with Crippen molar-refractivity contribution >= 4 is 0 Å². The average molecular weight is 475 g/mol. The lowest BCUT2D eigenvalue weighted by Crippen LogP contribution is -2.25. The van der Waals surface area contributed by atoms with Gasteiger partial charge in [-0.3, -0.25) is 0 Å². The summed E-state index contributed by atoms with van der Waals surface area (Å²) in [4.78, 5) is 0. The van der Waals surface area contributed by atoms with E-state index >= 15 is 4.39 Å². The molecule has 35 heavy (non-hydrogen) atoms. The normalized spacial score (nSPS) is 24.8. The van der Waals surface area contributed by atoms with Crippen molar-refractivity contribution in [2.24, 2.45) is 17.8 Å². The van der Waals surface area contributed by atoms with Crippen LogP contribution in [0.5, 0.6) is 0 Å². The summed E-state index contributed by atoms with van der Waals surface area (Å²) in [6, 6.07) is 16.9. The molecular weight excluding hydrogens is 441 g/mol. The lowest BCUT2D eigenvalue weighted by molar-refractivity contribution is 0.171. The predicted octanol–water partition coefficient (Wildman–Crippen LogP) is 9.70. The lowest BCUT2D eigenvalue weighted by atomic mass is 9.68. The molecule has 0 N–H and O–H groups in total. The Kier molecular flexibility index (Phi) is 7.13. The van der Waals surface area contributed by atoms with Gasteiger partial charge in [-0.25, -0.2) is 13.2 Å². The highest BCUT2D eigenvalue weighted by Gasteiger charge is 2.31. The minimum atomic E-state index is -0.863. The number of halogens is 3. The van der Waals surface area contributed by atoms with Crippen molar-refractivity contribution in [2.75, 3.05) is 0 Å². The fraction of sp³-hybridized carbons (Fsp3) is 0.375. The fourth-order valence-electron chi connectivity index (χ4n) is 6.36. The first kappa shape index (κ1) is 23.9. The Morgan fingerprint density at radius 2 is 1.23 bits per heavy atom. The molecule has 0 bridgehead atoms. The van der Waals surface area contributed by atoms with Crippen LogP contribution in [0, 0.1) is 35.2 Å². The van der Waals surface area contributed by atoms with E-state index in [-0.39, 0.29) is 11.4 Å². The van der Waals surface area contributed by atoms with Crippen LogP contribution in [0.2, 0.25) is 0 Å². The lowest BCUT2D eigenvalue weighted by Gasteiger charge is -2.37. The van der Waals surface area contributed by atoms with Crippen LogP contribution < -0.4 is 0 Å². The summed E-state index contributed by atoms with van der Waals surface area (Å²) in [5, 5.41) is 0. The Labute approximate surface area is 206 Å². The van der Waals surface area contributed by atoms with E-state index in [4.69, 9.17) is 0 Å². The van der Waals surface area contributed by atoms with Gasteiger partial charge < -0.3 is 0 Å². The van der Waals surface area contributed by atoms with Crippen LogP contribution in [-0.2, 0) is 0 Å². The highest BCUT2D eigenvalue weighted by Crippen LogP contribution is 2.44. The highest BCUT2D eigenvalue weighted by atomic mass is 19.2. The third-order valence-corrected chi connectivity index (χ3v) is 8.51. The van der Waals surface area contributed by atoms with Gasteiger partial charge in [0.25, 0.3) is 0 Å². The molecule has 0 amide bonds. The molecule has 3 heteroatoms. The van der Waals surface area contributed by atoms with Gasteiger partial charge >= 0.3 is 0 Å². The van der Waals surface area contributed by atoms with Gasteiger partial charge in [-0.2, -0.15) is 0 Å². The maximum absolute atomic E-state index is 15.2. The van der Waals surface area contributed by atoms with E-state index in [1.165, 1.54) is 44.6 Å². The molecular formula is C32H33F3. The minimum absolute atomic E-state index is 0.141. The van der Waals surface area contributed by atoms with Gasteiger partial charge in [0.2, 0.25) is 0 Å². The van der Waals surface area contributed by atoms with Crippen molar-refractivity contribution in [1.29, 1.82) is 0 Å². The molecule has 2 aliphatic carbocycles. The Hall–Kier alpha value is -2.81. The third-order valence-electron chi connectivity index (χ3n) is 8.51. The van der Waals surface area contributed by atoms with Crippen LogP contribution in [0.3, 0.4) is 0 Å². The molecule has 182 valence electrons. The van der Waals surface area contributed by atoms with E-state index in [2.05, 4.69) is 12.7 Å². The topological polar surface area (TPSA) is 0 Å². The zero-order valence-corrected chi connectivity index (χ0v) is 20.2. The summed E-state index contributed by atoms with van der Waals surface area (Å²) < 4.78 is 42.9. The summed E-state index contributed by atoms with van der Waals surface area (Å²) in [6.07, 6.45) is 11.9. The maximum atomic E-state index is 15.2. The molecule has 2 fully saturated rings. The van der Waals surface area contributed by atoms with E-state index in [0.717, 1.165) is 47.4 Å². The van der Waals surface area contributed by atoms with Gasteiger partial charge in [0.05, 0.1) is 0 Å². The molecule has 0 spiro atoms. The van der Waals surface area contributed by atoms with Crippen molar-refractivity contribution < 1.29 is 13.2 Å². The van der Waals surface area contributed by atoms with Gasteiger partial charge in [-0.15, -0.1) is 6.58 Å². The van der Waals surface area contributed by atoms with Crippen LogP contribution in [-0.4, -0.2) is 0 Å². The van der Waals surface area contributed by atoms with Crippen molar-refractivity contribution in [1.82, 2.24) is 0 Å². The van der Waals surface area contributed by atoms with Crippen molar-refractivity contribution in [3.63, 3.8) is 0 Å². The number of hydrogen-bond donors (Lipinski definition) is 0. The molecule has 0 aliphatic heterocycles. The first-order valence-electron chi connectivity index (χ1n) is 13.0. The quantitative estimate of drug-likeness (QED) is 0.323. The molecule has 0 aromatic heterocycles. The maximum Gasteiger partial charge on any atom is 0.166 e. The molecule has 0 nitrogen and oxygen atoms in total. The first-order chi connectivity index (χ1) is 17.0. The molecule has 0 unspecified atom stereocenters. The van der Waals surface area contributed by atoms with E-state index in [9.17, 15) is 8.78 Å². The number of allylic oxidation sites excluding steroid dienone is 1. The van der Waals surface area contributed by atoms with Crippen molar-refractivity contribution in [3.8, 4) is 22.3 Å². The summed E-state index contributed by atoms with van der Waals surface area (Å²) >= 11 is 0. The largest absolute Gasteiger partial charge is 0.207 e. The molecule has 3 aromatic rings. The molecule has 2 aliphatic rings. The standard InChI is InChI=1S/C32H33F3/c1-2-21-6-8-22(9-7-21)23-10-14-25(15-11-23)28-19-18-27(20-31(28)34)24-12-16-26(17-13-24)29-4-3-5-30(33)32(29)35/h2-5,12-13,16-23,25H,1,6-11,14-15H2. The average Bonchev–Trinajstić information content (AvgIpc) is 2.90. The van der Waals surface area contributed by atoms with Crippen LogP contribution in [0.1, 0.15) is 62.8 Å². The Morgan fingerprint density at radius 3 is 1.86 bits per heavy atom. The van der Waals surface area contributed by atoms with Gasteiger partial charge in [0.1, 0.15) is 5.82 Å². The van der Waals surface area contributed by atoms with E-state index in [1.807, 2.05) is 24.3 Å². The molecule has 0 atom stereocenters. The zero-order chi connectivity index (χ0) is 24.4. The smallest absolute Gasteiger partial charge is 0.166 e. The van der Waals surface area contributed by atoms with Crippen molar-refractivity contribution in [3.05, 3.63) is 96.3 Å². The third kappa shape index (κ3) is 5.10. The number of benzene rings is 3. The number of rotatable bonds is 5. The van der Waals surface area contributed by atoms with Gasteiger partial charge in [0, 0.05) is 5.56 Å². The SMILES string of the molecule is C=CC1CCC(C2CCC(c3ccc(-c4ccc(-c5cccc(F)c5F)cc4)cc3F)CC2)CC1. The van der Waals surface area contributed by atoms with E-state index < -0.39 is 11.6 Å². The monoisotopic (exact) mass is 474 g/mol. The van der Waals surface area contributed by atoms with Crippen LogP contribution in [0.15, 0.2) is 73.3 Å². The highest BCUT2D eigenvalue weighted by molar-refractivity contribution is 5.71. The van der Waals surface area contributed by atoms with Crippen molar-refractivity contribution in [2.45, 2.75) is 57.3 Å². The van der Waals surface area contributed by atoms with Crippen LogP contribution in [0.4, 0.5) is 13.2 Å². The fourth-order valence-corrected chi connectivity index (χ4v) is 6.36. The predicted molar refractivity (Wildman–Crippen MR) is 138 cm³/mol. The first-order valence-corrected chi connectivity index (χ1v) is 13.0. The van der Waals surface area contributed by atoms with E-state index in [0.29, 0.717) is 17.4 Å². The number of hydrogen-bond acceptors (Lipinski definition) is 0. The Bertz CT molecular complexity index is 1160. The summed E-state index contributed by atoms with van der Waals surface area (Å²) in [5.41, 5.74) is 3.31. The van der Waals surface area contributed by atoms with Gasteiger partial charge in [-0.1, -0.05) is 54.6 Å². The summed E-state index contributed by atoms with van der Waals surface area (Å²) in [6.45, 7) is 3.96. The van der Waals surface area contributed by atoms with Crippen LogP contribution in [0.25, 0.3) is 22.3 Å². The second-order valence-electron chi connectivity index (χ2n) is 10.4. The zero-order valence-electron chi connectivity index (χ0n) is 20.2. The minimum Gasteiger partial charge on any atom is -0.207 e.